The van der Waals surface area contributed by atoms with Gasteiger partial charge in [-0.05, 0) is 42.0 Å². The van der Waals surface area contributed by atoms with Crippen LogP contribution < -0.4 is 16.6 Å². The summed E-state index contributed by atoms with van der Waals surface area (Å²) >= 11 is 7.20. The zero-order valence-electron chi connectivity index (χ0n) is 15.4. The highest BCUT2D eigenvalue weighted by Gasteiger charge is 2.17. The van der Waals surface area contributed by atoms with Crippen molar-refractivity contribution in [2.24, 2.45) is 5.92 Å². The Labute approximate surface area is 169 Å². The van der Waals surface area contributed by atoms with Gasteiger partial charge in [0.25, 0.3) is 5.56 Å². The van der Waals surface area contributed by atoms with Crippen molar-refractivity contribution in [1.29, 1.82) is 0 Å². The zero-order valence-corrected chi connectivity index (χ0v) is 16.9. The molecule has 3 aromatic rings. The Bertz CT molecular complexity index is 1150. The Balaban J connectivity index is 1.97. The van der Waals surface area contributed by atoms with Crippen molar-refractivity contribution in [3.05, 3.63) is 61.3 Å². The van der Waals surface area contributed by atoms with Crippen LogP contribution in [0.5, 0.6) is 0 Å². The Morgan fingerprint density at radius 3 is 2.71 bits per heavy atom. The van der Waals surface area contributed by atoms with Gasteiger partial charge in [-0.1, -0.05) is 25.4 Å². The first-order valence-electron chi connectivity index (χ1n) is 8.73. The van der Waals surface area contributed by atoms with E-state index < -0.39 is 17.4 Å². The van der Waals surface area contributed by atoms with Gasteiger partial charge in [-0.15, -0.1) is 11.3 Å². The van der Waals surface area contributed by atoms with Crippen molar-refractivity contribution < 1.29 is 9.18 Å². The third-order valence-electron chi connectivity index (χ3n) is 4.27. The molecule has 0 fully saturated rings. The molecular weight excluding hydrogens is 405 g/mol. The average molecular weight is 424 g/mol. The highest BCUT2D eigenvalue weighted by Crippen LogP contribution is 2.22. The van der Waals surface area contributed by atoms with Crippen LogP contribution in [-0.2, 0) is 17.9 Å². The van der Waals surface area contributed by atoms with Crippen molar-refractivity contribution in [1.82, 2.24) is 9.13 Å². The van der Waals surface area contributed by atoms with Crippen molar-refractivity contribution in [2.45, 2.75) is 33.4 Å². The highest BCUT2D eigenvalue weighted by molar-refractivity contribution is 7.17. The number of carbonyl (C=O) groups excluding carboxylic acids is 1. The fraction of sp³-hybridized carbons (Fsp3) is 0.316. The van der Waals surface area contributed by atoms with Gasteiger partial charge in [0.05, 0.1) is 16.2 Å². The molecule has 0 bridgehead atoms. The minimum absolute atomic E-state index is 0.120. The summed E-state index contributed by atoms with van der Waals surface area (Å²) in [6.45, 7) is 3.97. The topological polar surface area (TPSA) is 73.1 Å². The zero-order chi connectivity index (χ0) is 20.4. The van der Waals surface area contributed by atoms with E-state index in [1.54, 1.807) is 11.4 Å². The predicted octanol–water partition coefficient (Wildman–Crippen LogP) is 3.70. The molecule has 148 valence electrons. The second-order valence-corrected chi connectivity index (χ2v) is 8.14. The van der Waals surface area contributed by atoms with E-state index in [1.165, 1.54) is 32.6 Å². The lowest BCUT2D eigenvalue weighted by Gasteiger charge is -2.13. The van der Waals surface area contributed by atoms with Gasteiger partial charge in [-0.2, -0.15) is 0 Å². The van der Waals surface area contributed by atoms with E-state index in [0.29, 0.717) is 22.6 Å². The Hall–Kier alpha value is -2.45. The normalized spacial score (nSPS) is 11.3. The van der Waals surface area contributed by atoms with Crippen LogP contribution in [-0.4, -0.2) is 15.0 Å². The van der Waals surface area contributed by atoms with Crippen LogP contribution in [0.3, 0.4) is 0 Å². The molecule has 0 aliphatic heterocycles. The summed E-state index contributed by atoms with van der Waals surface area (Å²) in [6, 6.07) is 5.26. The van der Waals surface area contributed by atoms with Crippen LogP contribution in [0.2, 0.25) is 5.02 Å². The number of amides is 1. The molecule has 0 unspecified atom stereocenters. The van der Waals surface area contributed by atoms with Gasteiger partial charge in [0.2, 0.25) is 5.91 Å². The molecule has 0 aliphatic rings. The van der Waals surface area contributed by atoms with Crippen LogP contribution in [0, 0.1) is 11.7 Å². The molecule has 2 heterocycles. The molecular formula is C19H19ClFN3O3S. The molecule has 9 heteroatoms. The van der Waals surface area contributed by atoms with Gasteiger partial charge in [0, 0.05) is 6.54 Å². The molecule has 0 aliphatic carbocycles. The van der Waals surface area contributed by atoms with E-state index in [4.69, 9.17) is 11.6 Å². The Morgan fingerprint density at radius 1 is 1.25 bits per heavy atom. The van der Waals surface area contributed by atoms with E-state index in [1.807, 2.05) is 13.8 Å². The van der Waals surface area contributed by atoms with Crippen molar-refractivity contribution in [2.75, 3.05) is 5.32 Å². The fourth-order valence-electron chi connectivity index (χ4n) is 2.80. The molecule has 0 atom stereocenters. The predicted molar refractivity (Wildman–Crippen MR) is 110 cm³/mol. The summed E-state index contributed by atoms with van der Waals surface area (Å²) in [5, 5.41) is 4.40. The average Bonchev–Trinajstić information content (AvgIpc) is 3.11. The monoisotopic (exact) mass is 423 g/mol. The number of halogens is 2. The molecule has 1 N–H and O–H groups in total. The quantitative estimate of drug-likeness (QED) is 0.657. The molecule has 3 rings (SSSR count). The van der Waals surface area contributed by atoms with Crippen molar-refractivity contribution in [3.8, 4) is 0 Å². The Morgan fingerprint density at radius 2 is 2.00 bits per heavy atom. The van der Waals surface area contributed by atoms with E-state index in [9.17, 15) is 18.8 Å². The van der Waals surface area contributed by atoms with E-state index >= 15 is 0 Å². The smallest absolute Gasteiger partial charge is 0.323 e. The van der Waals surface area contributed by atoms with Gasteiger partial charge in [-0.25, -0.2) is 9.18 Å². The first-order valence-corrected chi connectivity index (χ1v) is 9.99. The van der Waals surface area contributed by atoms with Gasteiger partial charge in [0.15, 0.2) is 0 Å². The van der Waals surface area contributed by atoms with E-state index in [2.05, 4.69) is 5.32 Å². The molecule has 1 aromatic carbocycles. The lowest BCUT2D eigenvalue weighted by Crippen LogP contribution is -2.41. The number of anilines is 1. The fourth-order valence-corrected chi connectivity index (χ4v) is 3.81. The molecule has 2 aromatic heterocycles. The second kappa shape index (κ2) is 8.28. The molecule has 6 nitrogen and oxygen atoms in total. The maximum atomic E-state index is 13.4. The SMILES string of the molecule is CC(C)CCn1c(=O)c2sccc2n(CC(=O)Nc2cc(F)ccc2Cl)c1=O. The van der Waals surface area contributed by atoms with E-state index in [0.717, 1.165) is 6.07 Å². The maximum Gasteiger partial charge on any atom is 0.332 e. The van der Waals surface area contributed by atoms with Gasteiger partial charge < -0.3 is 5.32 Å². The number of nitrogens with zero attached hydrogens (tertiary/aromatic N) is 2. The summed E-state index contributed by atoms with van der Waals surface area (Å²) in [5.74, 6) is -0.771. The second-order valence-electron chi connectivity index (χ2n) is 6.82. The molecule has 0 saturated carbocycles. The minimum atomic E-state index is -0.545. The van der Waals surface area contributed by atoms with Crippen LogP contribution in [0.1, 0.15) is 20.3 Å². The summed E-state index contributed by atoms with van der Waals surface area (Å²) in [6.07, 6.45) is 0.664. The molecule has 1 amide bonds. The van der Waals surface area contributed by atoms with E-state index in [-0.39, 0.29) is 29.4 Å². The van der Waals surface area contributed by atoms with Gasteiger partial charge in [-0.3, -0.25) is 18.7 Å². The van der Waals surface area contributed by atoms with Gasteiger partial charge >= 0.3 is 5.69 Å². The maximum absolute atomic E-state index is 13.4. The number of fused-ring (bicyclic) bond motifs is 1. The summed E-state index contributed by atoms with van der Waals surface area (Å²) in [4.78, 5) is 38.0. The minimum Gasteiger partial charge on any atom is -0.323 e. The molecule has 0 saturated heterocycles. The third kappa shape index (κ3) is 4.18. The number of hydrogen-bond acceptors (Lipinski definition) is 4. The summed E-state index contributed by atoms with van der Waals surface area (Å²) in [7, 11) is 0. The number of carbonyl (C=O) groups is 1. The number of hydrogen-bond donors (Lipinski definition) is 1. The number of nitrogens with one attached hydrogen (secondary N) is 1. The molecule has 28 heavy (non-hydrogen) atoms. The number of aromatic nitrogens is 2. The lowest BCUT2D eigenvalue weighted by molar-refractivity contribution is -0.116. The lowest BCUT2D eigenvalue weighted by atomic mass is 10.1. The standard InChI is InChI=1S/C19H19ClFN3O3S/c1-11(2)5-7-23-18(26)17-15(6-8-28-17)24(19(23)27)10-16(25)22-14-9-12(21)3-4-13(14)20/h3-4,6,8-9,11H,5,7,10H2,1-2H3,(H,22,25). The summed E-state index contributed by atoms with van der Waals surface area (Å²) < 4.78 is 16.2. The first-order chi connectivity index (χ1) is 13.3. The van der Waals surface area contributed by atoms with Crippen LogP contribution in [0.4, 0.5) is 10.1 Å². The highest BCUT2D eigenvalue weighted by atomic mass is 35.5. The number of benzene rings is 1. The van der Waals surface area contributed by atoms with Gasteiger partial charge in [0.1, 0.15) is 17.1 Å². The largest absolute Gasteiger partial charge is 0.332 e. The van der Waals surface area contributed by atoms with Crippen LogP contribution in [0.25, 0.3) is 10.2 Å². The van der Waals surface area contributed by atoms with Crippen molar-refractivity contribution in [3.63, 3.8) is 0 Å². The summed E-state index contributed by atoms with van der Waals surface area (Å²) in [5.41, 5.74) is -0.367. The Kier molecular flexibility index (Phi) is 6.00. The number of rotatable bonds is 6. The third-order valence-corrected chi connectivity index (χ3v) is 5.49. The molecule has 0 spiro atoms. The van der Waals surface area contributed by atoms with Crippen molar-refractivity contribution >= 4 is 44.7 Å². The van der Waals surface area contributed by atoms with Crippen LogP contribution in [0.15, 0.2) is 39.2 Å². The number of thiophene rings is 1. The molecule has 0 radical (unpaired) electrons. The van der Waals surface area contributed by atoms with Crippen LogP contribution >= 0.6 is 22.9 Å². The first kappa shape index (κ1) is 20.3.